The van der Waals surface area contributed by atoms with Gasteiger partial charge in [0.15, 0.2) is 0 Å². The normalized spacial score (nSPS) is 13.8. The molecule has 0 bridgehead atoms. The summed E-state index contributed by atoms with van der Waals surface area (Å²) in [6.07, 6.45) is 3.62. The lowest BCUT2D eigenvalue weighted by molar-refractivity contribution is -0.133. The zero-order valence-corrected chi connectivity index (χ0v) is 20.7. The number of hydrogen-bond acceptors (Lipinski definition) is 4. The van der Waals surface area contributed by atoms with E-state index in [1.807, 2.05) is 18.2 Å². The van der Waals surface area contributed by atoms with Crippen molar-refractivity contribution in [1.82, 2.24) is 4.90 Å². The predicted octanol–water partition coefficient (Wildman–Crippen LogP) is 6.14. The number of carbonyl (C=O) groups excluding carboxylic acids is 2. The number of benzene rings is 3. The molecular weight excluding hydrogens is 485 g/mol. The van der Waals surface area contributed by atoms with Crippen LogP contribution in [0.25, 0.3) is 0 Å². The fraction of sp³-hybridized carbons (Fsp3) is 0.259. The minimum atomic E-state index is -0.771. The first kappa shape index (κ1) is 25.0. The zero-order chi connectivity index (χ0) is 24.6. The Hall–Kier alpha value is -3.06. The summed E-state index contributed by atoms with van der Waals surface area (Å²) in [6.45, 7) is 3.15. The van der Waals surface area contributed by atoms with Gasteiger partial charge in [0.25, 0.3) is 0 Å². The first-order chi connectivity index (χ1) is 17.0. The summed E-state index contributed by atoms with van der Waals surface area (Å²) in [4.78, 5) is 27.4. The van der Waals surface area contributed by atoms with Crippen molar-refractivity contribution in [3.05, 3.63) is 87.9 Å². The van der Waals surface area contributed by atoms with Gasteiger partial charge in [-0.25, -0.2) is 0 Å². The van der Waals surface area contributed by atoms with Gasteiger partial charge < -0.3 is 15.4 Å². The van der Waals surface area contributed by atoms with E-state index in [1.165, 1.54) is 19.3 Å². The lowest BCUT2D eigenvalue weighted by Gasteiger charge is -2.26. The molecule has 3 aromatic carbocycles. The molecule has 0 atom stereocenters. The van der Waals surface area contributed by atoms with Crippen LogP contribution in [0.4, 0.5) is 11.4 Å². The Bertz CT molecular complexity index is 1180. The fourth-order valence-corrected chi connectivity index (χ4v) is 4.22. The van der Waals surface area contributed by atoms with Crippen LogP contribution < -0.4 is 15.4 Å². The molecule has 6 nitrogen and oxygen atoms in total. The van der Waals surface area contributed by atoms with Crippen LogP contribution in [-0.2, 0) is 22.7 Å². The van der Waals surface area contributed by atoms with Gasteiger partial charge in [-0.05, 0) is 79.5 Å². The summed E-state index contributed by atoms with van der Waals surface area (Å²) in [5.74, 6) is -0.964. The van der Waals surface area contributed by atoms with E-state index in [4.69, 9.17) is 27.9 Å². The van der Waals surface area contributed by atoms with Gasteiger partial charge in [-0.2, -0.15) is 0 Å². The van der Waals surface area contributed by atoms with E-state index in [-0.39, 0.29) is 0 Å². The molecule has 8 heteroatoms. The summed E-state index contributed by atoms with van der Waals surface area (Å²) in [6, 6.07) is 19.5. The molecule has 1 aliphatic heterocycles. The maximum atomic E-state index is 12.5. The van der Waals surface area contributed by atoms with Crippen LogP contribution >= 0.6 is 23.2 Å². The molecule has 182 valence electrons. The third kappa shape index (κ3) is 7.46. The number of piperidine rings is 1. The first-order valence-corrected chi connectivity index (χ1v) is 12.3. The molecule has 0 spiro atoms. The van der Waals surface area contributed by atoms with Gasteiger partial charge in [0.1, 0.15) is 12.4 Å². The second-order valence-corrected chi connectivity index (χ2v) is 9.34. The quantitative estimate of drug-likeness (QED) is 0.374. The number of carbonyl (C=O) groups is 2. The van der Waals surface area contributed by atoms with Crippen molar-refractivity contribution in [3.8, 4) is 5.75 Å². The third-order valence-electron chi connectivity index (χ3n) is 5.76. The number of rotatable bonds is 7. The summed E-state index contributed by atoms with van der Waals surface area (Å²) in [5.41, 5.74) is 2.88. The first-order valence-electron chi connectivity index (χ1n) is 11.6. The van der Waals surface area contributed by atoms with Crippen molar-refractivity contribution >= 4 is 46.4 Å². The highest BCUT2D eigenvalue weighted by Gasteiger charge is 2.17. The summed E-state index contributed by atoms with van der Waals surface area (Å²) in [7, 11) is 0. The second-order valence-electron chi connectivity index (χ2n) is 8.49. The SMILES string of the molecule is O=C(Nc1cccc(OCc2ccc(Cl)cc2)c1)C(=O)Nc1ccc(Cl)c(CN2CCCCC2)c1. The van der Waals surface area contributed by atoms with Gasteiger partial charge in [0.2, 0.25) is 0 Å². The van der Waals surface area contributed by atoms with E-state index >= 15 is 0 Å². The molecular formula is C27H27Cl2N3O3. The molecule has 0 radical (unpaired) electrons. The number of hydrogen-bond donors (Lipinski definition) is 2. The molecule has 3 aromatic rings. The maximum absolute atomic E-state index is 12.5. The van der Waals surface area contributed by atoms with Gasteiger partial charge in [-0.15, -0.1) is 0 Å². The topological polar surface area (TPSA) is 70.7 Å². The van der Waals surface area contributed by atoms with E-state index in [1.54, 1.807) is 48.5 Å². The fourth-order valence-electron chi connectivity index (χ4n) is 3.92. The number of nitrogens with one attached hydrogen (secondary N) is 2. The van der Waals surface area contributed by atoms with E-state index in [0.29, 0.717) is 33.8 Å². The molecule has 0 unspecified atom stereocenters. The van der Waals surface area contributed by atoms with Crippen LogP contribution in [0, 0.1) is 0 Å². The van der Waals surface area contributed by atoms with Gasteiger partial charge in [0.05, 0.1) is 0 Å². The van der Waals surface area contributed by atoms with Crippen LogP contribution in [0.1, 0.15) is 30.4 Å². The standard InChI is InChI=1S/C27H27Cl2N3O3/c28-21-9-7-19(8-10-21)18-35-24-6-4-5-22(16-24)30-26(33)27(34)31-23-11-12-25(29)20(15-23)17-32-13-2-1-3-14-32/h4-12,15-16H,1-3,13-14,17-18H2,(H,30,33)(H,31,34). The molecule has 1 fully saturated rings. The second kappa shape index (κ2) is 12.1. The molecule has 2 N–H and O–H groups in total. The monoisotopic (exact) mass is 511 g/mol. The molecule has 1 saturated heterocycles. The van der Waals surface area contributed by atoms with Crippen molar-refractivity contribution in [2.45, 2.75) is 32.4 Å². The van der Waals surface area contributed by atoms with Crippen molar-refractivity contribution in [1.29, 1.82) is 0 Å². The number of anilines is 2. The van der Waals surface area contributed by atoms with Crippen molar-refractivity contribution in [3.63, 3.8) is 0 Å². The molecule has 35 heavy (non-hydrogen) atoms. The Labute approximate surface area is 215 Å². The Kier molecular flexibility index (Phi) is 8.64. The number of likely N-dealkylation sites (tertiary alicyclic amines) is 1. The van der Waals surface area contributed by atoms with E-state index in [9.17, 15) is 9.59 Å². The average molecular weight is 512 g/mol. The molecule has 0 aromatic heterocycles. The number of nitrogens with zero attached hydrogens (tertiary/aromatic N) is 1. The Morgan fingerprint density at radius 1 is 0.829 bits per heavy atom. The van der Waals surface area contributed by atoms with Crippen molar-refractivity contribution in [2.24, 2.45) is 0 Å². The van der Waals surface area contributed by atoms with E-state index in [2.05, 4.69) is 15.5 Å². The molecule has 4 rings (SSSR count). The maximum Gasteiger partial charge on any atom is 0.314 e. The summed E-state index contributed by atoms with van der Waals surface area (Å²) >= 11 is 12.3. The molecule has 0 saturated carbocycles. The Morgan fingerprint density at radius 2 is 1.51 bits per heavy atom. The lowest BCUT2D eigenvalue weighted by Crippen LogP contribution is -2.30. The van der Waals surface area contributed by atoms with Crippen LogP contribution in [0.3, 0.4) is 0 Å². The molecule has 0 aliphatic carbocycles. The van der Waals surface area contributed by atoms with Crippen LogP contribution in [0.15, 0.2) is 66.7 Å². The zero-order valence-electron chi connectivity index (χ0n) is 19.2. The van der Waals surface area contributed by atoms with Crippen LogP contribution in [-0.4, -0.2) is 29.8 Å². The third-order valence-corrected chi connectivity index (χ3v) is 6.38. The van der Waals surface area contributed by atoms with E-state index < -0.39 is 11.8 Å². The van der Waals surface area contributed by atoms with Gasteiger partial charge in [0, 0.05) is 34.0 Å². The minimum Gasteiger partial charge on any atom is -0.489 e. The van der Waals surface area contributed by atoms with Crippen LogP contribution in [0.2, 0.25) is 10.0 Å². The average Bonchev–Trinajstić information content (AvgIpc) is 2.86. The largest absolute Gasteiger partial charge is 0.489 e. The number of ether oxygens (including phenoxy) is 1. The van der Waals surface area contributed by atoms with E-state index in [0.717, 1.165) is 30.8 Å². The highest BCUT2D eigenvalue weighted by atomic mass is 35.5. The van der Waals surface area contributed by atoms with Gasteiger partial charge in [-0.3, -0.25) is 14.5 Å². The Balaban J connectivity index is 1.32. The smallest absolute Gasteiger partial charge is 0.314 e. The molecule has 1 heterocycles. The molecule has 1 aliphatic rings. The predicted molar refractivity (Wildman–Crippen MR) is 140 cm³/mol. The lowest BCUT2D eigenvalue weighted by atomic mass is 10.1. The summed E-state index contributed by atoms with van der Waals surface area (Å²) in [5, 5.41) is 6.59. The number of amides is 2. The summed E-state index contributed by atoms with van der Waals surface area (Å²) < 4.78 is 5.79. The van der Waals surface area contributed by atoms with Gasteiger partial charge >= 0.3 is 11.8 Å². The van der Waals surface area contributed by atoms with Crippen LogP contribution in [0.5, 0.6) is 5.75 Å². The molecule has 2 amide bonds. The number of halogens is 2. The highest BCUT2D eigenvalue weighted by molar-refractivity contribution is 6.43. The Morgan fingerprint density at radius 3 is 2.23 bits per heavy atom. The highest BCUT2D eigenvalue weighted by Crippen LogP contribution is 2.24. The van der Waals surface area contributed by atoms with Crippen molar-refractivity contribution < 1.29 is 14.3 Å². The minimum absolute atomic E-state index is 0.353. The van der Waals surface area contributed by atoms with Crippen molar-refractivity contribution in [2.75, 3.05) is 23.7 Å². The van der Waals surface area contributed by atoms with Gasteiger partial charge in [-0.1, -0.05) is 47.8 Å².